The van der Waals surface area contributed by atoms with Gasteiger partial charge in [-0.05, 0) is 155 Å². The van der Waals surface area contributed by atoms with Crippen LogP contribution in [0.4, 0.5) is 0 Å². The molecule has 0 spiro atoms. The fourth-order valence-electron chi connectivity index (χ4n) is 18.2. The lowest BCUT2D eigenvalue weighted by Gasteiger charge is -2.28. The average molecular weight is 1840 g/mol. The van der Waals surface area contributed by atoms with Gasteiger partial charge in [-0.2, -0.15) is 0 Å². The minimum Gasteiger partial charge on any atom is -0.491 e. The van der Waals surface area contributed by atoms with Crippen LogP contribution in [-0.2, 0) is 56.8 Å². The van der Waals surface area contributed by atoms with E-state index in [4.69, 9.17) is 75.8 Å². The van der Waals surface area contributed by atoms with Gasteiger partial charge in [0.05, 0.1) is 156 Å². The topological polar surface area (TPSA) is 285 Å². The maximum atomic E-state index is 6.49. The summed E-state index contributed by atoms with van der Waals surface area (Å²) in [5, 5.41) is 16.6. The number of hydrogen-bond donors (Lipinski definition) is 8. The molecule has 26 heteroatoms. The van der Waals surface area contributed by atoms with Crippen LogP contribution in [0.15, 0.2) is 243 Å². The van der Waals surface area contributed by atoms with Crippen LogP contribution in [-0.4, -0.2) is 265 Å². The Morgan fingerprint density at radius 2 is 0.456 bits per heavy atom. The maximum Gasteiger partial charge on any atom is 0.119 e. The minimum atomic E-state index is -0.464. The lowest BCUT2D eigenvalue weighted by atomic mass is 9.88. The molecule has 6 aliphatic rings. The van der Waals surface area contributed by atoms with Crippen LogP contribution >= 0.6 is 0 Å². The van der Waals surface area contributed by atoms with E-state index in [2.05, 4.69) is 268 Å². The molecule has 8 N–H and O–H groups in total. The molecule has 12 heterocycles. The molecule has 136 heavy (non-hydrogen) atoms. The SMILES string of the molecule is COCCOCCOCCOc1cccc(C2c3ccc([nH]3)C(C#Cc3ccncc3)C3C=CC(N3)C(c3cccc(OCCOCCOCCOC)c3)c3ccc([nH]3)C(C#CC#CC3c4ccc([nH]4)C(c4cccc(OCCOCCOCCOC)c4)C4C=CC(N4)C(C#Cc4ccncc4)c4ccc([nH]4)C(c4cccc(OCCOCCOCCOC)c4)C4C=CC3N4)C3C=CC2N3)c1. The van der Waals surface area contributed by atoms with Gasteiger partial charge in [-0.25, -0.2) is 0 Å². The molecule has 16 atom stereocenters. The summed E-state index contributed by atoms with van der Waals surface area (Å²) in [5.41, 5.74) is 13.6. The van der Waals surface area contributed by atoms with Gasteiger partial charge in [0.2, 0.25) is 0 Å². The first-order valence-corrected chi connectivity index (χ1v) is 47.2. The standard InChI is InChI=1S/C110H124N10O16/c1-121-49-53-125-57-61-129-65-69-133-83-15-7-11-79(73-83)107-99-33-25-91(113-99)87(92-26-34-100(114-92)108(80-12-8-16-84(74-80)134-70-66-130-62-58-126-54-50-122-2)104-38-30-96(118-104)89(95-29-37-103(107)117-95)23-21-77-41-45-111-46-42-77)19-5-6-20-88-93-27-35-101(115-93)109(81-13-9-17-85(75-81)135-71-67-131-63-59-127-55-51-123-3)105-39-31-97(119-105)90(24-22-78-43-47-112-48-44-78)98-32-40-106(120-98)110(102-36-28-94(88)116-102)82-14-10-18-86(76-82)136-72-68-132-64-60-128-56-52-124-4/h7-18,25-48,73-76,87-91,93,96,98-99,101,104,106-110,113-120H,49-72H2,1-4H3. The monoisotopic (exact) mass is 1840 g/mol. The summed E-state index contributed by atoms with van der Waals surface area (Å²) in [4.78, 5) is 24.8. The van der Waals surface area contributed by atoms with Crippen LogP contribution in [0.2, 0.25) is 0 Å². The molecule has 16 unspecified atom stereocenters. The smallest absolute Gasteiger partial charge is 0.119 e. The van der Waals surface area contributed by atoms with E-state index in [1.165, 1.54) is 0 Å². The Morgan fingerprint density at radius 1 is 0.235 bits per heavy atom. The fourth-order valence-corrected chi connectivity index (χ4v) is 18.2. The molecule has 0 fully saturated rings. The summed E-state index contributed by atoms with van der Waals surface area (Å²) in [7, 11) is 6.64. The third-order valence-electron chi connectivity index (χ3n) is 24.8. The van der Waals surface area contributed by atoms with Gasteiger partial charge >= 0.3 is 0 Å². The number of aromatic nitrogens is 6. The predicted molar refractivity (Wildman–Crippen MR) is 520 cm³/mol. The number of hydrogen-bond acceptors (Lipinski definition) is 22. The molecule has 16 rings (SSSR count). The van der Waals surface area contributed by atoms with Crippen LogP contribution in [0.1, 0.15) is 126 Å². The highest BCUT2D eigenvalue weighted by atomic mass is 16.6. The highest BCUT2D eigenvalue weighted by molar-refractivity contribution is 5.51. The first kappa shape index (κ1) is 97.2. The number of nitrogens with one attached hydrogen (secondary N) is 8. The van der Waals surface area contributed by atoms with Crippen molar-refractivity contribution in [2.45, 2.75) is 95.7 Å². The Kier molecular flexibility index (Phi) is 37.0. The molecule has 26 nitrogen and oxygen atoms in total. The van der Waals surface area contributed by atoms with Gasteiger partial charge in [0.15, 0.2) is 0 Å². The Hall–Kier alpha value is -11.9. The van der Waals surface area contributed by atoms with Gasteiger partial charge < -0.3 is 117 Å². The molecule has 0 saturated heterocycles. The van der Waals surface area contributed by atoms with E-state index in [0.29, 0.717) is 159 Å². The molecule has 0 saturated carbocycles. The molecule has 0 radical (unpaired) electrons. The highest BCUT2D eigenvalue weighted by Crippen LogP contribution is 2.43. The maximum absolute atomic E-state index is 6.49. The van der Waals surface area contributed by atoms with Crippen LogP contribution in [0.5, 0.6) is 23.0 Å². The molecular formula is C110H124N10O16. The van der Waals surface area contributed by atoms with E-state index >= 15 is 0 Å². The van der Waals surface area contributed by atoms with E-state index in [0.717, 1.165) is 102 Å². The number of methoxy groups -OCH3 is 4. The molecule has 6 aliphatic heterocycles. The second-order valence-corrected chi connectivity index (χ2v) is 33.8. The van der Waals surface area contributed by atoms with Crippen molar-refractivity contribution in [3.8, 4) is 70.4 Å². The zero-order valence-corrected chi connectivity index (χ0v) is 77.7. The summed E-state index contributed by atoms with van der Waals surface area (Å²) >= 11 is 0. The number of H-pyrrole nitrogens is 4. The molecular weight excluding hydrogens is 1720 g/mol. The predicted octanol–water partition coefficient (Wildman–Crippen LogP) is 12.7. The van der Waals surface area contributed by atoms with Gasteiger partial charge in [0.1, 0.15) is 49.4 Å². The Balaban J connectivity index is 0.766. The van der Waals surface area contributed by atoms with Gasteiger partial charge in [0.25, 0.3) is 0 Å². The second-order valence-electron chi connectivity index (χ2n) is 33.8. The Morgan fingerprint density at radius 3 is 0.706 bits per heavy atom. The Bertz CT molecular complexity index is 5420. The van der Waals surface area contributed by atoms with Crippen molar-refractivity contribution < 1.29 is 75.8 Å². The van der Waals surface area contributed by atoms with E-state index in [1.54, 1.807) is 53.2 Å². The average Bonchev–Trinajstić information content (AvgIpc) is 1.62. The third-order valence-corrected chi connectivity index (χ3v) is 24.8. The number of fused-ring (bicyclic) bond motifs is 16. The molecule has 6 aromatic heterocycles. The van der Waals surface area contributed by atoms with E-state index in [1.807, 2.05) is 48.5 Å². The van der Waals surface area contributed by atoms with E-state index < -0.39 is 11.8 Å². The second kappa shape index (κ2) is 51.8. The fraction of sp³-hybridized carbons (Fsp3) is 0.400. The number of pyridine rings is 2. The van der Waals surface area contributed by atoms with E-state index in [-0.39, 0.29) is 83.8 Å². The van der Waals surface area contributed by atoms with Gasteiger partial charge in [-0.15, -0.1) is 0 Å². The normalized spacial score (nSPS) is 22.7. The van der Waals surface area contributed by atoms with Crippen LogP contribution < -0.4 is 40.2 Å². The largest absolute Gasteiger partial charge is 0.491 e. The summed E-state index contributed by atoms with van der Waals surface area (Å²) in [6.07, 6.45) is 25.4. The van der Waals surface area contributed by atoms with E-state index in [9.17, 15) is 0 Å². The highest BCUT2D eigenvalue weighted by Gasteiger charge is 2.41. The number of aromatic amines is 4. The van der Waals surface area contributed by atoms with Crippen LogP contribution in [0.3, 0.4) is 0 Å². The molecule has 0 amide bonds. The summed E-state index contributed by atoms with van der Waals surface area (Å²) in [6.45, 7) is 10.7. The molecule has 0 aliphatic carbocycles. The lowest BCUT2D eigenvalue weighted by Crippen LogP contribution is -2.39. The summed E-state index contributed by atoms with van der Waals surface area (Å²) < 4.78 is 93.0. The minimum absolute atomic E-state index is 0.222. The van der Waals surface area contributed by atoms with Crippen molar-refractivity contribution in [2.75, 3.05) is 187 Å². The first-order valence-electron chi connectivity index (χ1n) is 47.2. The van der Waals surface area contributed by atoms with Crippen molar-refractivity contribution in [2.24, 2.45) is 0 Å². The summed E-state index contributed by atoms with van der Waals surface area (Å²) in [5.74, 6) is 29.7. The number of benzene rings is 4. The first-order chi connectivity index (χ1) is 67.3. The zero-order valence-electron chi connectivity index (χ0n) is 77.7. The number of ether oxygens (including phenoxy) is 16. The zero-order chi connectivity index (χ0) is 92.9. The Labute approximate surface area is 797 Å². The lowest BCUT2D eigenvalue weighted by molar-refractivity contribution is 0.0179. The van der Waals surface area contributed by atoms with Crippen LogP contribution in [0.25, 0.3) is 0 Å². The van der Waals surface area contributed by atoms with Gasteiger partial charge in [0, 0.05) is 182 Å². The van der Waals surface area contributed by atoms with Gasteiger partial charge in [-0.3, -0.25) is 9.97 Å². The molecule has 16 bridgehead atoms. The molecule has 4 aromatic carbocycles. The van der Waals surface area contributed by atoms with Crippen molar-refractivity contribution in [3.63, 3.8) is 0 Å². The third kappa shape index (κ3) is 27.1. The van der Waals surface area contributed by atoms with Crippen molar-refractivity contribution >= 4 is 0 Å². The number of nitrogens with zero attached hydrogens (tertiary/aromatic N) is 2. The van der Waals surface area contributed by atoms with Crippen molar-refractivity contribution in [3.05, 3.63) is 322 Å². The van der Waals surface area contributed by atoms with Crippen LogP contribution in [0, 0.1) is 47.4 Å². The molecule has 710 valence electrons. The molecule has 10 aromatic rings. The quantitative estimate of drug-likeness (QED) is 0.0100. The van der Waals surface area contributed by atoms with Crippen molar-refractivity contribution in [1.82, 2.24) is 51.2 Å². The van der Waals surface area contributed by atoms with Gasteiger partial charge in [-0.1, -0.05) is 133 Å². The van der Waals surface area contributed by atoms with Crippen molar-refractivity contribution in [1.29, 1.82) is 0 Å². The number of rotatable bonds is 44. The summed E-state index contributed by atoms with van der Waals surface area (Å²) in [6, 6.07) is 56.9.